The highest BCUT2D eigenvalue weighted by Gasteiger charge is 2.50. The highest BCUT2D eigenvalue weighted by molar-refractivity contribution is 8.13. The number of imidazole rings is 1. The Morgan fingerprint density at radius 3 is 2.10 bits per heavy atom. The van der Waals surface area contributed by atoms with Gasteiger partial charge in [-0.25, -0.2) is 28.6 Å². The van der Waals surface area contributed by atoms with Gasteiger partial charge in [0.15, 0.2) is 22.8 Å². The van der Waals surface area contributed by atoms with E-state index in [0.29, 0.717) is 0 Å². The average Bonchev–Trinajstić information content (AvgIpc) is 3.73. The topological polar surface area (TPSA) is 499 Å². The number of carbonyl (C=O) groups excluding carboxylic acids is 3. The molecule has 1 aliphatic rings. The van der Waals surface area contributed by atoms with Crippen LogP contribution in [0.25, 0.3) is 11.2 Å². The molecule has 1 aliphatic heterocycles. The molecular formula is C33H56N7O24P3S. The van der Waals surface area contributed by atoms with Crippen molar-refractivity contribution in [2.75, 3.05) is 44.4 Å². The van der Waals surface area contributed by atoms with Crippen LogP contribution in [-0.2, 0) is 60.3 Å². The molecule has 3 rings (SSSR count). The van der Waals surface area contributed by atoms with E-state index in [1.165, 1.54) is 27.7 Å². The molecule has 0 saturated carbocycles. The third-order valence-electron chi connectivity index (χ3n) is 9.00. The number of carbonyl (C=O) groups is 5. The lowest BCUT2D eigenvalue weighted by Gasteiger charge is -2.30. The van der Waals surface area contributed by atoms with Crippen molar-refractivity contribution in [3.05, 3.63) is 12.7 Å². The van der Waals surface area contributed by atoms with E-state index in [2.05, 4.69) is 34.4 Å². The zero-order valence-corrected chi connectivity index (χ0v) is 40.2. The Bertz CT molecular complexity index is 2210. The number of amides is 2. The van der Waals surface area contributed by atoms with Crippen LogP contribution in [0, 0.1) is 5.41 Å². The number of rotatable bonds is 27. The van der Waals surface area contributed by atoms with Crippen LogP contribution in [0.5, 0.6) is 0 Å². The summed E-state index contributed by atoms with van der Waals surface area (Å²) in [5, 5.41) is 70.1. The molecule has 35 heteroatoms. The first kappa shape index (κ1) is 60.5. The fraction of sp³-hybridized carbons (Fsp3) is 0.697. The Morgan fingerprint density at radius 2 is 1.51 bits per heavy atom. The lowest BCUT2D eigenvalue weighted by Crippen LogP contribution is -2.46. The number of aliphatic hydroxyl groups excluding tert-OH is 3. The van der Waals surface area contributed by atoms with Gasteiger partial charge < -0.3 is 76.4 Å². The number of ether oxygens (including phenoxy) is 1. The second-order valence-electron chi connectivity index (χ2n) is 16.1. The fourth-order valence-electron chi connectivity index (χ4n) is 5.70. The van der Waals surface area contributed by atoms with E-state index >= 15 is 0 Å². The third-order valence-corrected chi connectivity index (χ3v) is 13.0. The SMILES string of the molecule is CC(O)(CC(=O)O)CC(=O)SCCNC(=O)CCNC(=O)[C@H](O)C(C)(C)COP(=O)(O)OP(=O)(O)OC[C@H]1O[C@@H](n2cnc3c(N)ncnc32)[C@H](O)[C@@H]1OP(=O)(O)O.C[C@@](O)(CCO)CC(=O)O. The van der Waals surface area contributed by atoms with Crippen molar-refractivity contribution < 1.29 is 116 Å². The monoisotopic (exact) mass is 1060 g/mol. The number of phosphoric ester groups is 3. The summed E-state index contributed by atoms with van der Waals surface area (Å²) in [4.78, 5) is 108. The molecule has 3 unspecified atom stereocenters. The summed E-state index contributed by atoms with van der Waals surface area (Å²) in [5.74, 6) is -3.87. The highest BCUT2D eigenvalue weighted by atomic mass is 32.2. The number of nitrogens with two attached hydrogens (primary N) is 1. The number of aliphatic hydroxyl groups is 5. The Kier molecular flexibility index (Phi) is 22.7. The number of nitrogens with zero attached hydrogens (tertiary/aromatic N) is 4. The predicted molar refractivity (Wildman–Crippen MR) is 229 cm³/mol. The zero-order valence-electron chi connectivity index (χ0n) is 36.7. The summed E-state index contributed by atoms with van der Waals surface area (Å²) in [5.41, 5.74) is 1.16. The molecule has 1 fully saturated rings. The van der Waals surface area contributed by atoms with Gasteiger partial charge in [-0.05, 0) is 20.3 Å². The first-order valence-electron chi connectivity index (χ1n) is 19.6. The zero-order chi connectivity index (χ0) is 52.1. The average molecular weight is 1060 g/mol. The quantitative estimate of drug-likeness (QED) is 0.0336. The molecule has 3 heterocycles. The molecule has 0 bridgehead atoms. The van der Waals surface area contributed by atoms with E-state index in [9.17, 15) is 72.6 Å². The molecule has 2 aromatic rings. The minimum absolute atomic E-state index is 0.0147. The van der Waals surface area contributed by atoms with E-state index < -0.39 is 126 Å². The van der Waals surface area contributed by atoms with Crippen LogP contribution in [0.2, 0.25) is 0 Å². The number of carboxylic acids is 2. The van der Waals surface area contributed by atoms with Crippen molar-refractivity contribution in [3.8, 4) is 0 Å². The largest absolute Gasteiger partial charge is 0.481 e. The van der Waals surface area contributed by atoms with Gasteiger partial charge >= 0.3 is 35.4 Å². The van der Waals surface area contributed by atoms with Crippen LogP contribution in [0.3, 0.4) is 0 Å². The lowest BCUT2D eigenvalue weighted by atomic mass is 9.87. The molecule has 15 N–H and O–H groups in total. The molecule has 0 aromatic carbocycles. The highest BCUT2D eigenvalue weighted by Crippen LogP contribution is 2.61. The normalized spacial score (nSPS) is 21.5. The Hall–Kier alpha value is -3.62. The summed E-state index contributed by atoms with van der Waals surface area (Å²) in [6.45, 7) is 2.48. The molecule has 0 spiro atoms. The number of aromatic nitrogens is 4. The summed E-state index contributed by atoms with van der Waals surface area (Å²) >= 11 is 0.771. The van der Waals surface area contributed by atoms with Crippen molar-refractivity contribution in [3.63, 3.8) is 0 Å². The standard InChI is InChI=1S/C27H44N7O20P3S.C6H12O4/c1-26(2,21(40)24(41)30-5-4-15(35)29-6-7-58-17(38)9-27(3,42)8-16(36)37)11-51-57(48,49)54-56(46,47)50-10-14-20(53-55(43,44)45)19(39)25(52-14)34-13-33-18-22(28)31-12-32-23(18)34;1-6(10,2-3-7)4-5(8)9/h12-14,19-21,25,39-40,42H,4-11H2,1-3H3,(H,29,35)(H,30,41)(H,36,37)(H,46,47)(H,48,49)(H2,28,31,32)(H2,43,44,45);7,10H,2-4H2,1H3,(H,8,9)/t14-,19-,20-,21+,25-,27?;6-/m11/s1. The van der Waals surface area contributed by atoms with Gasteiger partial charge in [0.2, 0.25) is 11.8 Å². The van der Waals surface area contributed by atoms with Gasteiger partial charge in [0.05, 0.1) is 43.6 Å². The minimum atomic E-state index is -5.60. The van der Waals surface area contributed by atoms with E-state index in [0.717, 1.165) is 29.0 Å². The third kappa shape index (κ3) is 21.2. The molecule has 1 saturated heterocycles. The van der Waals surface area contributed by atoms with E-state index in [1.807, 2.05) is 0 Å². The van der Waals surface area contributed by atoms with Gasteiger partial charge in [0.25, 0.3) is 0 Å². The Balaban J connectivity index is 0.00000142. The molecule has 9 atom stereocenters. The summed E-state index contributed by atoms with van der Waals surface area (Å²) in [6.07, 6.45) is -8.45. The Morgan fingerprint density at radius 1 is 0.912 bits per heavy atom. The minimum Gasteiger partial charge on any atom is -0.481 e. The number of hydrogen-bond donors (Lipinski definition) is 14. The number of carboxylic acid groups (broad SMARTS) is 2. The smallest absolute Gasteiger partial charge is 0.481 e. The molecule has 2 amide bonds. The summed E-state index contributed by atoms with van der Waals surface area (Å²) < 4.78 is 62.0. The second-order valence-corrected chi connectivity index (χ2v) is 21.5. The van der Waals surface area contributed by atoms with Crippen LogP contribution >= 0.6 is 35.2 Å². The van der Waals surface area contributed by atoms with Gasteiger partial charge in [-0.15, -0.1) is 0 Å². The molecular weight excluding hydrogens is 1000 g/mol. The maximum Gasteiger partial charge on any atom is 0.481 e. The number of phosphoric acid groups is 3. The van der Waals surface area contributed by atoms with Crippen molar-refractivity contribution in [2.45, 2.75) is 102 Å². The fourth-order valence-corrected chi connectivity index (χ4v) is 9.37. The second kappa shape index (κ2) is 25.5. The maximum atomic E-state index is 12.7. The number of hydrogen-bond acceptors (Lipinski definition) is 23. The molecule has 0 radical (unpaired) electrons. The molecule has 68 heavy (non-hydrogen) atoms. The number of fused-ring (bicyclic) bond motifs is 1. The van der Waals surface area contributed by atoms with Crippen LogP contribution in [0.4, 0.5) is 5.82 Å². The summed E-state index contributed by atoms with van der Waals surface area (Å²) in [6, 6.07) is 0. The predicted octanol–water partition coefficient (Wildman–Crippen LogP) is -2.12. The number of aliphatic carboxylic acids is 2. The van der Waals surface area contributed by atoms with Crippen LogP contribution in [0.15, 0.2) is 12.7 Å². The van der Waals surface area contributed by atoms with Crippen LogP contribution < -0.4 is 16.4 Å². The van der Waals surface area contributed by atoms with E-state index in [4.69, 9.17) is 39.9 Å². The number of thioether (sulfide) groups is 1. The van der Waals surface area contributed by atoms with E-state index in [-0.39, 0.29) is 61.7 Å². The maximum absolute atomic E-state index is 12.7. The van der Waals surface area contributed by atoms with E-state index in [1.54, 1.807) is 0 Å². The molecule has 2 aromatic heterocycles. The van der Waals surface area contributed by atoms with Crippen molar-refractivity contribution in [1.29, 1.82) is 0 Å². The molecule has 0 aliphatic carbocycles. The number of anilines is 1. The first-order valence-corrected chi connectivity index (χ1v) is 25.1. The summed E-state index contributed by atoms with van der Waals surface area (Å²) in [7, 11) is -16.5. The molecule has 31 nitrogen and oxygen atoms in total. The van der Waals surface area contributed by atoms with Gasteiger partial charge in [0, 0.05) is 43.7 Å². The van der Waals surface area contributed by atoms with Crippen molar-refractivity contribution in [1.82, 2.24) is 30.2 Å². The lowest BCUT2D eigenvalue weighted by molar-refractivity contribution is -0.143. The van der Waals surface area contributed by atoms with Gasteiger partial charge in [-0.3, -0.25) is 42.1 Å². The van der Waals surface area contributed by atoms with Gasteiger partial charge in [-0.2, -0.15) is 4.31 Å². The first-order chi connectivity index (χ1) is 31.1. The Labute approximate surface area is 390 Å². The van der Waals surface area contributed by atoms with Crippen molar-refractivity contribution in [2.24, 2.45) is 5.41 Å². The molecule has 388 valence electrons. The number of nitrogens with one attached hydrogen (secondary N) is 2. The van der Waals surface area contributed by atoms with Crippen LogP contribution in [0.1, 0.15) is 66.0 Å². The van der Waals surface area contributed by atoms with Gasteiger partial charge in [-0.1, -0.05) is 25.6 Å². The number of nitrogen functional groups attached to an aromatic ring is 1. The van der Waals surface area contributed by atoms with Crippen LogP contribution in [-0.4, -0.2) is 178 Å². The van der Waals surface area contributed by atoms with Gasteiger partial charge in [0.1, 0.15) is 36.3 Å². The van der Waals surface area contributed by atoms with Crippen molar-refractivity contribution >= 4 is 81.1 Å².